The average Bonchev–Trinajstić information content (AvgIpc) is 3.66. The van der Waals surface area contributed by atoms with Gasteiger partial charge in [0.2, 0.25) is 23.6 Å². The van der Waals surface area contributed by atoms with E-state index in [1.165, 1.54) is 5.39 Å². The van der Waals surface area contributed by atoms with E-state index in [0.717, 1.165) is 77.4 Å². The van der Waals surface area contributed by atoms with Gasteiger partial charge >= 0.3 is 0 Å². The molecule has 4 atom stereocenters. The largest absolute Gasteiger partial charge is 0.494 e. The third kappa shape index (κ3) is 6.87. The standard InChI is InChI=1S/C47H50N6O7/c1-28-21-29(2)47(28,18-7-5-4-6-8-20-59-32-11-13-35-36(23-32)45(57)53(44(35)56)39-14-15-41(54)50-43(39)55)46(58)52-26-33(27-52)60-42-16-10-31(24-49-42)30-9-12-34-37-25-48-19-17-38(37)51(3)40(34)22-30/h9-13,16-17,19,22-25,28-29,33,39H,4-8,14-15,18,20-21,26-27H2,1-3H3,(H,50,54,55)/t28-,29+,39?,47-. The maximum Gasteiger partial charge on any atom is 0.262 e. The molecule has 310 valence electrons. The van der Waals surface area contributed by atoms with E-state index in [2.05, 4.69) is 58.9 Å². The number of imide groups is 2. The molecular formula is C47H50N6O7. The third-order valence-electron chi connectivity index (χ3n) is 13.6. The molecule has 2 saturated heterocycles. The first kappa shape index (κ1) is 39.4. The molecule has 0 bridgehead atoms. The molecule has 9 rings (SSSR count). The van der Waals surface area contributed by atoms with Crippen molar-refractivity contribution in [3.63, 3.8) is 0 Å². The van der Waals surface area contributed by atoms with Gasteiger partial charge in [-0.2, -0.15) is 0 Å². The predicted molar refractivity (Wildman–Crippen MR) is 224 cm³/mol. The average molecular weight is 811 g/mol. The van der Waals surface area contributed by atoms with Crippen molar-refractivity contribution in [2.75, 3.05) is 19.7 Å². The second kappa shape index (κ2) is 15.8. The Bertz CT molecular complexity index is 2520. The Labute approximate surface area is 348 Å². The van der Waals surface area contributed by atoms with Crippen LogP contribution in [0.15, 0.2) is 73.2 Å². The lowest BCUT2D eigenvalue weighted by molar-refractivity contribution is -0.172. The van der Waals surface area contributed by atoms with Crippen LogP contribution >= 0.6 is 0 Å². The lowest BCUT2D eigenvalue weighted by Crippen LogP contribution is -2.65. The Balaban J connectivity index is 0.709. The summed E-state index contributed by atoms with van der Waals surface area (Å²) in [6.07, 6.45) is 12.5. The number of unbranched alkanes of at least 4 members (excludes halogenated alkanes) is 4. The summed E-state index contributed by atoms with van der Waals surface area (Å²) >= 11 is 0. The van der Waals surface area contributed by atoms with Crippen molar-refractivity contribution in [1.29, 1.82) is 0 Å². The summed E-state index contributed by atoms with van der Waals surface area (Å²) in [7, 11) is 2.08. The van der Waals surface area contributed by atoms with Crippen LogP contribution in [0.1, 0.15) is 92.4 Å². The number of hydrogen-bond donors (Lipinski definition) is 1. The van der Waals surface area contributed by atoms with E-state index in [-0.39, 0.29) is 41.4 Å². The molecular weight excluding hydrogens is 761 g/mol. The van der Waals surface area contributed by atoms with E-state index in [9.17, 15) is 24.0 Å². The second-order valence-electron chi connectivity index (χ2n) is 17.1. The quantitative estimate of drug-likeness (QED) is 0.0937. The molecule has 1 unspecified atom stereocenters. The number of carbonyl (C=O) groups excluding carboxylic acids is 5. The first-order valence-electron chi connectivity index (χ1n) is 21.3. The van der Waals surface area contributed by atoms with Gasteiger partial charge in [0.15, 0.2) is 0 Å². The van der Waals surface area contributed by atoms with Crippen LogP contribution in [0.25, 0.3) is 32.9 Å². The molecule has 5 aromatic rings. The van der Waals surface area contributed by atoms with E-state index < -0.39 is 29.7 Å². The third-order valence-corrected chi connectivity index (χ3v) is 13.6. The minimum atomic E-state index is -0.998. The normalized spacial score (nSPS) is 22.8. The van der Waals surface area contributed by atoms with Crippen molar-refractivity contribution in [1.82, 2.24) is 29.7 Å². The fourth-order valence-electron chi connectivity index (χ4n) is 10.1. The molecule has 5 amide bonds. The van der Waals surface area contributed by atoms with Gasteiger partial charge in [-0.15, -0.1) is 0 Å². The maximum atomic E-state index is 14.1. The van der Waals surface area contributed by atoms with Gasteiger partial charge < -0.3 is 18.9 Å². The molecule has 13 nitrogen and oxygen atoms in total. The lowest BCUT2D eigenvalue weighted by Gasteiger charge is -2.56. The maximum absolute atomic E-state index is 14.1. The van der Waals surface area contributed by atoms with Gasteiger partial charge in [-0.3, -0.25) is 39.2 Å². The van der Waals surface area contributed by atoms with Crippen molar-refractivity contribution in [2.45, 2.75) is 83.8 Å². The van der Waals surface area contributed by atoms with Crippen LogP contribution in [-0.4, -0.2) is 85.7 Å². The number of hydrogen-bond acceptors (Lipinski definition) is 9. The van der Waals surface area contributed by atoms with Crippen LogP contribution in [0.2, 0.25) is 0 Å². The molecule has 3 aromatic heterocycles. The monoisotopic (exact) mass is 810 g/mol. The van der Waals surface area contributed by atoms with Gasteiger partial charge in [0.25, 0.3) is 11.8 Å². The molecule has 6 heterocycles. The summed E-state index contributed by atoms with van der Waals surface area (Å²) in [6.45, 7) is 6.05. The Morgan fingerprint density at radius 1 is 0.833 bits per heavy atom. The number of aromatic nitrogens is 3. The number of rotatable bonds is 14. The Hall–Kier alpha value is -6.11. The zero-order chi connectivity index (χ0) is 41.7. The first-order chi connectivity index (χ1) is 29.0. The SMILES string of the molecule is C[C@@H]1C[C@H](C)[C@]1(CCCCCCCOc1ccc2c(c1)C(=O)N(C1CCC(=O)NC1=O)C2=O)C(=O)N1CC(Oc2ccc(-c3ccc4c5cnccc5n(C)c4c3)cn2)C1. The highest BCUT2D eigenvalue weighted by Crippen LogP contribution is 2.56. The summed E-state index contributed by atoms with van der Waals surface area (Å²) in [5.41, 5.74) is 4.50. The summed E-state index contributed by atoms with van der Waals surface area (Å²) in [6, 6.07) is 16.2. The fraction of sp³-hybridized carbons (Fsp3) is 0.426. The Morgan fingerprint density at radius 3 is 2.37 bits per heavy atom. The number of nitrogens with one attached hydrogen (secondary N) is 1. The van der Waals surface area contributed by atoms with Gasteiger partial charge in [0.05, 0.1) is 41.8 Å². The molecule has 3 aliphatic heterocycles. The van der Waals surface area contributed by atoms with Gasteiger partial charge in [-0.25, -0.2) is 4.98 Å². The highest BCUT2D eigenvalue weighted by atomic mass is 16.5. The Kier molecular flexibility index (Phi) is 10.4. The lowest BCUT2D eigenvalue weighted by atomic mass is 9.51. The Morgan fingerprint density at radius 2 is 1.60 bits per heavy atom. The van der Waals surface area contributed by atoms with Crippen LogP contribution in [0, 0.1) is 17.3 Å². The van der Waals surface area contributed by atoms with Gasteiger partial charge in [0, 0.05) is 60.0 Å². The molecule has 60 heavy (non-hydrogen) atoms. The number of nitrogens with zero attached hydrogens (tertiary/aromatic N) is 5. The zero-order valence-electron chi connectivity index (χ0n) is 34.3. The number of carbonyl (C=O) groups is 5. The van der Waals surface area contributed by atoms with Crippen LogP contribution in [-0.2, 0) is 21.4 Å². The van der Waals surface area contributed by atoms with Crippen molar-refractivity contribution < 1.29 is 33.4 Å². The number of benzene rings is 2. The summed E-state index contributed by atoms with van der Waals surface area (Å²) < 4.78 is 14.4. The highest BCUT2D eigenvalue weighted by molar-refractivity contribution is 6.23. The van der Waals surface area contributed by atoms with Crippen LogP contribution in [0.4, 0.5) is 0 Å². The topological polar surface area (TPSA) is 153 Å². The van der Waals surface area contributed by atoms with Crippen LogP contribution in [0.5, 0.6) is 11.6 Å². The van der Waals surface area contributed by atoms with E-state index >= 15 is 0 Å². The number of pyridine rings is 2. The predicted octanol–water partition coefficient (Wildman–Crippen LogP) is 6.86. The highest BCUT2D eigenvalue weighted by Gasteiger charge is 2.57. The van der Waals surface area contributed by atoms with E-state index in [4.69, 9.17) is 9.47 Å². The molecule has 1 aliphatic carbocycles. The van der Waals surface area contributed by atoms with Crippen LogP contribution < -0.4 is 14.8 Å². The molecule has 0 radical (unpaired) electrons. The van der Waals surface area contributed by atoms with Crippen molar-refractivity contribution >= 4 is 51.3 Å². The molecule has 3 fully saturated rings. The second-order valence-corrected chi connectivity index (χ2v) is 17.1. The van der Waals surface area contributed by atoms with Crippen molar-refractivity contribution in [3.8, 4) is 22.8 Å². The smallest absolute Gasteiger partial charge is 0.262 e. The number of fused-ring (bicyclic) bond motifs is 4. The van der Waals surface area contributed by atoms with E-state index in [0.29, 0.717) is 43.2 Å². The molecule has 1 saturated carbocycles. The zero-order valence-corrected chi connectivity index (χ0v) is 34.3. The molecule has 2 aromatic carbocycles. The summed E-state index contributed by atoms with van der Waals surface area (Å²) in [5, 5.41) is 4.53. The van der Waals surface area contributed by atoms with Gasteiger partial charge in [0.1, 0.15) is 17.9 Å². The van der Waals surface area contributed by atoms with Gasteiger partial charge in [-0.05, 0) is 79.5 Å². The minimum Gasteiger partial charge on any atom is -0.494 e. The number of likely N-dealkylation sites (tertiary alicyclic amines) is 1. The molecule has 1 N–H and O–H groups in total. The minimum absolute atomic E-state index is 0.0752. The summed E-state index contributed by atoms with van der Waals surface area (Å²) in [5.74, 6) is -0.109. The molecule has 13 heteroatoms. The van der Waals surface area contributed by atoms with Crippen LogP contribution in [0.3, 0.4) is 0 Å². The van der Waals surface area contributed by atoms with Crippen molar-refractivity contribution in [2.24, 2.45) is 24.3 Å². The first-order valence-corrected chi connectivity index (χ1v) is 21.3. The molecule has 4 aliphatic rings. The van der Waals surface area contributed by atoms with Crippen molar-refractivity contribution in [3.05, 3.63) is 84.3 Å². The number of ether oxygens (including phenoxy) is 2. The van der Waals surface area contributed by atoms with E-state index in [1.807, 2.05) is 41.7 Å². The number of piperidine rings is 1. The van der Waals surface area contributed by atoms with Gasteiger partial charge in [-0.1, -0.05) is 51.7 Å². The van der Waals surface area contributed by atoms with E-state index in [1.54, 1.807) is 18.2 Å². The number of aryl methyl sites for hydroxylation is 1. The fourth-order valence-corrected chi connectivity index (χ4v) is 10.1. The summed E-state index contributed by atoms with van der Waals surface area (Å²) in [4.78, 5) is 76.0. The number of amides is 5. The molecule has 0 spiro atoms.